The van der Waals surface area contributed by atoms with Gasteiger partial charge in [0.15, 0.2) is 11.5 Å². The van der Waals surface area contributed by atoms with Crippen LogP contribution in [0.15, 0.2) is 36.4 Å². The molecule has 3 N–H and O–H groups in total. The molecule has 6 heteroatoms. The lowest BCUT2D eigenvalue weighted by atomic mass is 9.51. The third-order valence-electron chi connectivity index (χ3n) is 9.31. The summed E-state index contributed by atoms with van der Waals surface area (Å²) in [4.78, 5) is 16.0. The van der Waals surface area contributed by atoms with Gasteiger partial charge in [-0.1, -0.05) is 18.2 Å². The number of benzene rings is 2. The van der Waals surface area contributed by atoms with Crippen molar-refractivity contribution < 1.29 is 19.7 Å². The van der Waals surface area contributed by atoms with Gasteiger partial charge in [-0.3, -0.25) is 9.69 Å². The topological polar surface area (TPSA) is 82.0 Å². The van der Waals surface area contributed by atoms with Crippen molar-refractivity contribution in [1.29, 1.82) is 0 Å². The van der Waals surface area contributed by atoms with Gasteiger partial charge < -0.3 is 20.3 Å². The molecule has 2 bridgehead atoms. The monoisotopic (exact) mass is 460 g/mol. The molecule has 6 nitrogen and oxygen atoms in total. The Morgan fingerprint density at radius 3 is 2.88 bits per heavy atom. The van der Waals surface area contributed by atoms with E-state index in [2.05, 4.69) is 16.3 Å². The lowest BCUT2D eigenvalue weighted by Crippen LogP contribution is -2.69. The van der Waals surface area contributed by atoms with Crippen LogP contribution >= 0.6 is 0 Å². The number of aromatic hydroxyl groups is 1. The molecule has 7 rings (SSSR count). The number of likely N-dealkylation sites (tertiary alicyclic amines) is 1. The second-order valence-corrected chi connectivity index (χ2v) is 11.1. The average Bonchev–Trinajstić information content (AvgIpc) is 3.60. The number of piperidine rings is 1. The summed E-state index contributed by atoms with van der Waals surface area (Å²) in [5.74, 6) is 2.11. The van der Waals surface area contributed by atoms with Crippen LogP contribution in [0.2, 0.25) is 0 Å². The largest absolute Gasteiger partial charge is 0.504 e. The molecule has 5 atom stereocenters. The van der Waals surface area contributed by atoms with E-state index in [1.165, 1.54) is 30.5 Å². The van der Waals surface area contributed by atoms with Gasteiger partial charge in [0.05, 0.1) is 12.6 Å². The molecule has 0 aromatic heterocycles. The maximum Gasteiger partial charge on any atom is 0.251 e. The van der Waals surface area contributed by atoms with Crippen molar-refractivity contribution in [3.63, 3.8) is 0 Å². The quantitative estimate of drug-likeness (QED) is 0.639. The third kappa shape index (κ3) is 2.91. The van der Waals surface area contributed by atoms with Gasteiger partial charge in [0.2, 0.25) is 0 Å². The molecular formula is C28H32N2O4. The molecule has 2 aromatic rings. The number of nitrogens with one attached hydrogen (secondary N) is 1. The van der Waals surface area contributed by atoms with Crippen LogP contribution in [0.1, 0.15) is 59.2 Å². The van der Waals surface area contributed by atoms with E-state index >= 15 is 0 Å². The van der Waals surface area contributed by atoms with Crippen molar-refractivity contribution in [2.24, 2.45) is 11.8 Å². The van der Waals surface area contributed by atoms with Crippen LogP contribution < -0.4 is 10.1 Å². The normalized spacial score (nSPS) is 33.2. The Morgan fingerprint density at radius 2 is 2.06 bits per heavy atom. The number of aliphatic hydroxyl groups excluding tert-OH is 1. The number of ether oxygens (including phenoxy) is 1. The van der Waals surface area contributed by atoms with Crippen LogP contribution in [0.25, 0.3) is 0 Å². The maximum absolute atomic E-state index is 13.2. The van der Waals surface area contributed by atoms with E-state index in [-0.39, 0.29) is 35.8 Å². The van der Waals surface area contributed by atoms with Crippen molar-refractivity contribution in [2.45, 2.75) is 68.7 Å². The van der Waals surface area contributed by atoms with Crippen molar-refractivity contribution in [2.75, 3.05) is 13.1 Å². The number of carbonyl (C=O) groups excluding carboxylic acids is 1. The van der Waals surface area contributed by atoms with E-state index in [0.717, 1.165) is 43.7 Å². The number of carbonyl (C=O) groups is 1. The summed E-state index contributed by atoms with van der Waals surface area (Å²) in [5, 5.41) is 23.5. The zero-order valence-corrected chi connectivity index (χ0v) is 19.4. The first-order valence-electron chi connectivity index (χ1n) is 12.8. The van der Waals surface area contributed by atoms with Gasteiger partial charge in [-0.15, -0.1) is 0 Å². The van der Waals surface area contributed by atoms with Crippen molar-refractivity contribution in [3.8, 4) is 11.5 Å². The molecule has 3 aliphatic carbocycles. The molecule has 34 heavy (non-hydrogen) atoms. The van der Waals surface area contributed by atoms with Crippen LogP contribution in [0, 0.1) is 11.8 Å². The number of phenols is 1. The number of aliphatic hydroxyl groups is 1. The number of nitrogens with zero attached hydrogens (tertiary/aromatic N) is 1. The Morgan fingerprint density at radius 1 is 1.18 bits per heavy atom. The summed E-state index contributed by atoms with van der Waals surface area (Å²) < 4.78 is 6.61. The molecule has 3 fully saturated rings. The fourth-order valence-electron chi connectivity index (χ4n) is 7.70. The molecule has 0 radical (unpaired) electrons. The predicted molar refractivity (Wildman–Crippen MR) is 127 cm³/mol. The first kappa shape index (κ1) is 20.8. The number of rotatable bonds is 5. The molecule has 2 aliphatic heterocycles. The van der Waals surface area contributed by atoms with Gasteiger partial charge in [0.1, 0.15) is 6.10 Å². The first-order valence-corrected chi connectivity index (χ1v) is 12.8. The summed E-state index contributed by atoms with van der Waals surface area (Å²) in [6, 6.07) is 11.5. The minimum Gasteiger partial charge on any atom is -0.504 e. The molecule has 1 saturated heterocycles. The molecular weight excluding hydrogens is 428 g/mol. The Balaban J connectivity index is 1.24. The van der Waals surface area contributed by atoms with Crippen LogP contribution in [0.3, 0.4) is 0 Å². The van der Waals surface area contributed by atoms with E-state index in [9.17, 15) is 15.0 Å². The van der Waals surface area contributed by atoms with E-state index in [4.69, 9.17) is 4.74 Å². The predicted octanol–water partition coefficient (Wildman–Crippen LogP) is 3.13. The Labute approximate surface area is 199 Å². The number of amides is 1. The molecule has 1 spiro atoms. The van der Waals surface area contributed by atoms with Gasteiger partial charge in [0.25, 0.3) is 5.91 Å². The highest BCUT2D eigenvalue weighted by Crippen LogP contribution is 2.64. The number of hydrogen-bond acceptors (Lipinski definition) is 5. The minimum absolute atomic E-state index is 0.0861. The Bertz CT molecular complexity index is 1160. The van der Waals surface area contributed by atoms with Gasteiger partial charge in [-0.2, -0.15) is 0 Å². The minimum atomic E-state index is -0.163. The van der Waals surface area contributed by atoms with Crippen LogP contribution in [0.5, 0.6) is 11.5 Å². The summed E-state index contributed by atoms with van der Waals surface area (Å²) in [5.41, 5.74) is 3.69. The maximum atomic E-state index is 13.2. The molecule has 2 heterocycles. The molecule has 178 valence electrons. The van der Waals surface area contributed by atoms with Crippen molar-refractivity contribution >= 4 is 5.91 Å². The fourth-order valence-corrected chi connectivity index (χ4v) is 7.70. The molecule has 2 aromatic carbocycles. The summed E-state index contributed by atoms with van der Waals surface area (Å²) in [6.07, 6.45) is 6.55. The summed E-state index contributed by atoms with van der Waals surface area (Å²) in [7, 11) is 0. The lowest BCUT2D eigenvalue weighted by Gasteiger charge is -2.59. The Hall–Kier alpha value is -2.57. The van der Waals surface area contributed by atoms with E-state index in [1.54, 1.807) is 18.2 Å². The van der Waals surface area contributed by atoms with Gasteiger partial charge in [0, 0.05) is 29.1 Å². The Kier molecular flexibility index (Phi) is 4.56. The standard InChI is InChI=1S/C28H32N2O4/c31-15-17-2-1-3-19(12-17)27(33)29-21-8-7-20-22-13-18-6-9-23(32)25-24(18)28(20,26(21)34-25)10-11-30(22)14-16-4-5-16/h1-3,6,9,12,16,20-22,26,31-32H,4-5,7-8,10-11,13-15H2,(H,29,33)/t20?,21-,22?,26?,28?/m1/s1. The second-order valence-electron chi connectivity index (χ2n) is 11.1. The van der Waals surface area contributed by atoms with Gasteiger partial charge >= 0.3 is 0 Å². The second kappa shape index (κ2) is 7.46. The fraction of sp³-hybridized carbons (Fsp3) is 0.536. The summed E-state index contributed by atoms with van der Waals surface area (Å²) >= 11 is 0. The highest BCUT2D eigenvalue weighted by Gasteiger charge is 2.66. The lowest BCUT2D eigenvalue weighted by molar-refractivity contribution is -0.0647. The zero-order chi connectivity index (χ0) is 23.0. The SMILES string of the molecule is O=C(N[C@@H]1CCC2C3Cc4ccc(O)c5c4C2(CCN3CC2CC2)C1O5)c1cccc(CO)c1. The zero-order valence-electron chi connectivity index (χ0n) is 19.4. The van der Waals surface area contributed by atoms with Gasteiger partial charge in [-0.25, -0.2) is 0 Å². The highest BCUT2D eigenvalue weighted by atomic mass is 16.5. The first-order chi connectivity index (χ1) is 16.6. The molecule has 4 unspecified atom stereocenters. The average molecular weight is 461 g/mol. The molecule has 2 saturated carbocycles. The van der Waals surface area contributed by atoms with Crippen molar-refractivity contribution in [1.82, 2.24) is 10.2 Å². The highest BCUT2D eigenvalue weighted by molar-refractivity contribution is 5.94. The number of phenolic OH excluding ortho intramolecular Hbond substituents is 1. The summed E-state index contributed by atoms with van der Waals surface area (Å²) in [6.45, 7) is 2.19. The van der Waals surface area contributed by atoms with Crippen LogP contribution in [-0.2, 0) is 18.4 Å². The third-order valence-corrected chi connectivity index (χ3v) is 9.31. The van der Waals surface area contributed by atoms with E-state index in [0.29, 0.717) is 23.3 Å². The smallest absolute Gasteiger partial charge is 0.251 e. The van der Waals surface area contributed by atoms with Crippen molar-refractivity contribution in [3.05, 3.63) is 58.7 Å². The van der Waals surface area contributed by atoms with E-state index in [1.807, 2.05) is 12.1 Å². The molecule has 5 aliphatic rings. The number of hydrogen-bond donors (Lipinski definition) is 3. The molecule has 1 amide bonds. The van der Waals surface area contributed by atoms with Crippen LogP contribution in [-0.4, -0.2) is 52.3 Å². The van der Waals surface area contributed by atoms with Gasteiger partial charge in [-0.05, 0) is 86.2 Å². The van der Waals surface area contributed by atoms with E-state index < -0.39 is 0 Å². The van der Waals surface area contributed by atoms with Crippen LogP contribution in [0.4, 0.5) is 0 Å².